The van der Waals surface area contributed by atoms with Crippen molar-refractivity contribution < 1.29 is 0 Å². The monoisotopic (exact) mass is 342 g/mol. The molecule has 2 rings (SSSR count). The van der Waals surface area contributed by atoms with E-state index in [9.17, 15) is 0 Å². The number of halogens is 2. The minimum atomic E-state index is 0.445. The van der Waals surface area contributed by atoms with Crippen molar-refractivity contribution >= 4 is 51.9 Å². The Kier molecular flexibility index (Phi) is 5.08. The molecule has 1 aromatic heterocycles. The van der Waals surface area contributed by atoms with Gasteiger partial charge in [0.15, 0.2) is 5.11 Å². The summed E-state index contributed by atoms with van der Waals surface area (Å²) in [6.45, 7) is 6.80. The molecule has 2 N–H and O–H groups in total. The largest absolute Gasteiger partial charge is 0.331 e. The second kappa shape index (κ2) is 6.64. The number of nitrogens with zero attached hydrogens (tertiary/aromatic N) is 2. The predicted octanol–water partition coefficient (Wildman–Crippen LogP) is 4.64. The third-order valence-electron chi connectivity index (χ3n) is 3.10. The van der Waals surface area contributed by atoms with E-state index in [-0.39, 0.29) is 0 Å². The van der Waals surface area contributed by atoms with Crippen LogP contribution in [0, 0.1) is 13.8 Å². The lowest BCUT2D eigenvalue weighted by Gasteiger charge is -2.12. The molecular formula is C14H16Cl2N4S. The quantitative estimate of drug-likeness (QED) is 0.797. The maximum Gasteiger partial charge on any atom is 0.175 e. The highest BCUT2D eigenvalue weighted by Crippen LogP contribution is 2.26. The minimum Gasteiger partial charge on any atom is -0.331 e. The van der Waals surface area contributed by atoms with Crippen molar-refractivity contribution in [1.82, 2.24) is 9.78 Å². The lowest BCUT2D eigenvalue weighted by Crippen LogP contribution is -2.20. The number of aryl methyl sites for hydroxylation is 2. The molecule has 0 saturated heterocycles. The van der Waals surface area contributed by atoms with E-state index in [0.717, 1.165) is 23.6 Å². The maximum atomic E-state index is 6.11. The van der Waals surface area contributed by atoms with Crippen LogP contribution < -0.4 is 10.6 Å². The second-order valence-corrected chi connectivity index (χ2v) is 5.82. The van der Waals surface area contributed by atoms with Crippen LogP contribution in [-0.4, -0.2) is 14.9 Å². The Labute approximate surface area is 139 Å². The van der Waals surface area contributed by atoms with E-state index in [0.29, 0.717) is 20.8 Å². The van der Waals surface area contributed by atoms with Gasteiger partial charge in [-0.2, -0.15) is 5.10 Å². The summed E-state index contributed by atoms with van der Waals surface area (Å²) in [4.78, 5) is 0. The molecule has 0 atom stereocenters. The van der Waals surface area contributed by atoms with Crippen LogP contribution in [0.25, 0.3) is 0 Å². The summed E-state index contributed by atoms with van der Waals surface area (Å²) < 4.78 is 1.92. The molecule has 0 amide bonds. The number of hydrogen-bond acceptors (Lipinski definition) is 2. The molecule has 0 saturated carbocycles. The molecule has 1 aromatic carbocycles. The van der Waals surface area contributed by atoms with E-state index >= 15 is 0 Å². The highest BCUT2D eigenvalue weighted by molar-refractivity contribution is 7.80. The normalized spacial score (nSPS) is 10.5. The molecule has 0 bridgehead atoms. The van der Waals surface area contributed by atoms with Gasteiger partial charge in [0.1, 0.15) is 0 Å². The van der Waals surface area contributed by atoms with Crippen LogP contribution in [0.15, 0.2) is 18.2 Å². The number of thiocarbonyl (C=S) groups is 1. The SMILES string of the molecule is CCn1nc(C)c(NC(=S)Nc2cc(Cl)ccc2Cl)c1C. The molecule has 0 spiro atoms. The molecule has 0 radical (unpaired) electrons. The topological polar surface area (TPSA) is 41.9 Å². The Morgan fingerprint density at radius 3 is 2.62 bits per heavy atom. The molecule has 2 aromatic rings. The van der Waals surface area contributed by atoms with Crippen LogP contribution in [0.5, 0.6) is 0 Å². The Hall–Kier alpha value is -1.30. The summed E-state index contributed by atoms with van der Waals surface area (Å²) in [5, 5.41) is 12.2. The predicted molar refractivity (Wildman–Crippen MR) is 93.7 cm³/mol. The fourth-order valence-electron chi connectivity index (χ4n) is 2.05. The van der Waals surface area contributed by atoms with Gasteiger partial charge in [-0.1, -0.05) is 23.2 Å². The van der Waals surface area contributed by atoms with Crippen molar-refractivity contribution in [3.05, 3.63) is 39.6 Å². The average Bonchev–Trinajstić information content (AvgIpc) is 2.70. The van der Waals surface area contributed by atoms with Gasteiger partial charge in [-0.25, -0.2) is 0 Å². The van der Waals surface area contributed by atoms with Crippen molar-refractivity contribution in [3.8, 4) is 0 Å². The zero-order valence-electron chi connectivity index (χ0n) is 12.0. The molecule has 0 aliphatic rings. The van der Waals surface area contributed by atoms with Crippen molar-refractivity contribution in [2.75, 3.05) is 10.6 Å². The molecule has 0 unspecified atom stereocenters. The van der Waals surface area contributed by atoms with Crippen LogP contribution in [0.3, 0.4) is 0 Å². The van der Waals surface area contributed by atoms with Crippen molar-refractivity contribution in [3.63, 3.8) is 0 Å². The number of nitrogens with one attached hydrogen (secondary N) is 2. The van der Waals surface area contributed by atoms with Gasteiger partial charge in [0.2, 0.25) is 0 Å². The smallest absolute Gasteiger partial charge is 0.175 e. The van der Waals surface area contributed by atoms with E-state index in [1.165, 1.54) is 0 Å². The standard InChI is InChI=1S/C14H16Cl2N4S/c1-4-20-9(3)13(8(2)19-20)18-14(21)17-12-7-10(15)5-6-11(12)16/h5-7H,4H2,1-3H3,(H2,17,18,21). The molecule has 1 heterocycles. The zero-order valence-corrected chi connectivity index (χ0v) is 14.3. The minimum absolute atomic E-state index is 0.445. The number of anilines is 2. The van der Waals surface area contributed by atoms with E-state index in [1.54, 1.807) is 18.2 Å². The summed E-state index contributed by atoms with van der Waals surface area (Å²) in [6.07, 6.45) is 0. The van der Waals surface area contributed by atoms with E-state index in [2.05, 4.69) is 15.7 Å². The summed E-state index contributed by atoms with van der Waals surface area (Å²) in [6, 6.07) is 5.18. The Morgan fingerprint density at radius 1 is 1.29 bits per heavy atom. The number of benzene rings is 1. The van der Waals surface area contributed by atoms with Crippen LogP contribution in [0.2, 0.25) is 10.0 Å². The van der Waals surface area contributed by atoms with Crippen LogP contribution in [-0.2, 0) is 6.54 Å². The average molecular weight is 343 g/mol. The lowest BCUT2D eigenvalue weighted by molar-refractivity contribution is 0.634. The molecule has 0 fully saturated rings. The van der Waals surface area contributed by atoms with Crippen LogP contribution in [0.1, 0.15) is 18.3 Å². The van der Waals surface area contributed by atoms with Gasteiger partial charge in [0.25, 0.3) is 0 Å². The van der Waals surface area contributed by atoms with Crippen molar-refractivity contribution in [1.29, 1.82) is 0 Å². The fraction of sp³-hybridized carbons (Fsp3) is 0.286. The first-order chi connectivity index (χ1) is 9.92. The molecule has 0 aliphatic heterocycles. The molecule has 7 heteroatoms. The van der Waals surface area contributed by atoms with E-state index in [1.807, 2.05) is 25.5 Å². The first-order valence-electron chi connectivity index (χ1n) is 6.49. The van der Waals surface area contributed by atoms with Gasteiger partial charge in [-0.15, -0.1) is 0 Å². The maximum absolute atomic E-state index is 6.11. The fourth-order valence-corrected chi connectivity index (χ4v) is 2.60. The highest BCUT2D eigenvalue weighted by atomic mass is 35.5. The molecule has 0 aliphatic carbocycles. The summed E-state index contributed by atoms with van der Waals surface area (Å²) in [5.41, 5.74) is 3.51. The molecule has 21 heavy (non-hydrogen) atoms. The van der Waals surface area contributed by atoms with Gasteiger partial charge in [-0.3, -0.25) is 4.68 Å². The summed E-state index contributed by atoms with van der Waals surface area (Å²) >= 11 is 17.4. The van der Waals surface area contributed by atoms with Gasteiger partial charge < -0.3 is 10.6 Å². The summed E-state index contributed by atoms with van der Waals surface area (Å²) in [5.74, 6) is 0. The van der Waals surface area contributed by atoms with Gasteiger partial charge in [0.05, 0.1) is 27.8 Å². The van der Waals surface area contributed by atoms with E-state index in [4.69, 9.17) is 35.4 Å². The molecular weight excluding hydrogens is 327 g/mol. The van der Waals surface area contributed by atoms with Crippen molar-refractivity contribution in [2.45, 2.75) is 27.3 Å². The third kappa shape index (κ3) is 3.67. The Balaban J connectivity index is 2.15. The highest BCUT2D eigenvalue weighted by Gasteiger charge is 2.12. The van der Waals surface area contributed by atoms with Gasteiger partial charge >= 0.3 is 0 Å². The van der Waals surface area contributed by atoms with Crippen molar-refractivity contribution in [2.24, 2.45) is 0 Å². The lowest BCUT2D eigenvalue weighted by atomic mass is 10.3. The second-order valence-electron chi connectivity index (χ2n) is 4.56. The number of rotatable bonds is 3. The van der Waals surface area contributed by atoms with Crippen LogP contribution >= 0.6 is 35.4 Å². The molecule has 112 valence electrons. The van der Waals surface area contributed by atoms with Gasteiger partial charge in [0, 0.05) is 11.6 Å². The molecule has 4 nitrogen and oxygen atoms in total. The number of hydrogen-bond donors (Lipinski definition) is 2. The third-order valence-corrected chi connectivity index (χ3v) is 3.86. The Bertz CT molecular complexity index is 682. The number of aromatic nitrogens is 2. The zero-order chi connectivity index (χ0) is 15.6. The van der Waals surface area contributed by atoms with E-state index < -0.39 is 0 Å². The first kappa shape index (κ1) is 16.1. The Morgan fingerprint density at radius 2 is 2.00 bits per heavy atom. The summed E-state index contributed by atoms with van der Waals surface area (Å²) in [7, 11) is 0. The van der Waals surface area contributed by atoms with Gasteiger partial charge in [-0.05, 0) is 51.2 Å². The van der Waals surface area contributed by atoms with Crippen LogP contribution in [0.4, 0.5) is 11.4 Å². The first-order valence-corrected chi connectivity index (χ1v) is 7.65.